The van der Waals surface area contributed by atoms with E-state index >= 15 is 0 Å². The molecule has 160 valence electrons. The molecule has 0 bridgehead atoms. The number of carbonyl (C=O) groups is 1. The minimum atomic E-state index is -3.96. The number of hydrogen-bond acceptors (Lipinski definition) is 5. The maximum absolute atomic E-state index is 12.8. The first-order valence-corrected chi connectivity index (χ1v) is 12.1. The molecule has 0 amide bonds. The molecule has 3 aromatic rings. The van der Waals surface area contributed by atoms with Crippen molar-refractivity contribution >= 4 is 25.8 Å². The SMILES string of the molecule is Cc1ccc(S(=O)(=O)NCC#CC(=O)c2cccn2S(=O)(=O)c2ccc(C)cc2)cc1. The molecule has 1 N–H and O–H groups in total. The molecule has 0 aliphatic rings. The van der Waals surface area contributed by atoms with Gasteiger partial charge in [-0.25, -0.2) is 20.8 Å². The number of rotatable bonds is 6. The summed E-state index contributed by atoms with van der Waals surface area (Å²) in [4.78, 5) is 12.6. The molecule has 0 saturated carbocycles. The summed E-state index contributed by atoms with van der Waals surface area (Å²) in [5.74, 6) is 3.99. The Balaban J connectivity index is 1.75. The average molecular weight is 457 g/mol. The average Bonchev–Trinajstić information content (AvgIpc) is 3.23. The first-order valence-electron chi connectivity index (χ1n) is 9.20. The second-order valence-electron chi connectivity index (χ2n) is 6.78. The summed E-state index contributed by atoms with van der Waals surface area (Å²) in [5, 5.41) is 0. The number of nitrogens with one attached hydrogen (secondary N) is 1. The number of Topliss-reactive ketones (excluding diaryl/α,β-unsaturated/α-hetero) is 1. The van der Waals surface area contributed by atoms with Crippen LogP contribution < -0.4 is 4.72 Å². The monoisotopic (exact) mass is 456 g/mol. The summed E-state index contributed by atoms with van der Waals surface area (Å²) in [7, 11) is -7.73. The van der Waals surface area contributed by atoms with Crippen LogP contribution in [0.2, 0.25) is 0 Å². The molecular formula is C22H20N2O5S2. The lowest BCUT2D eigenvalue weighted by molar-refractivity contribution is 0.105. The van der Waals surface area contributed by atoms with E-state index in [1.165, 1.54) is 42.6 Å². The van der Waals surface area contributed by atoms with Crippen molar-refractivity contribution in [2.75, 3.05) is 6.54 Å². The van der Waals surface area contributed by atoms with E-state index in [0.29, 0.717) is 0 Å². The fourth-order valence-corrected chi connectivity index (χ4v) is 4.96. The van der Waals surface area contributed by atoms with Crippen molar-refractivity contribution in [3.63, 3.8) is 0 Å². The molecule has 31 heavy (non-hydrogen) atoms. The van der Waals surface area contributed by atoms with Gasteiger partial charge in [0.2, 0.25) is 10.0 Å². The Morgan fingerprint density at radius 1 is 0.871 bits per heavy atom. The molecule has 2 aromatic carbocycles. The smallest absolute Gasteiger partial charge is 0.268 e. The van der Waals surface area contributed by atoms with Crippen LogP contribution in [0.15, 0.2) is 76.7 Å². The molecule has 0 aliphatic heterocycles. The molecule has 0 saturated heterocycles. The summed E-state index contributed by atoms with van der Waals surface area (Å²) >= 11 is 0. The van der Waals surface area contributed by atoms with Gasteiger partial charge >= 0.3 is 0 Å². The molecule has 0 aliphatic carbocycles. The van der Waals surface area contributed by atoms with Crippen molar-refractivity contribution in [2.45, 2.75) is 23.6 Å². The van der Waals surface area contributed by atoms with Gasteiger partial charge in [-0.3, -0.25) is 4.79 Å². The topological polar surface area (TPSA) is 102 Å². The summed E-state index contributed by atoms with van der Waals surface area (Å²) in [5.41, 5.74) is 1.70. The van der Waals surface area contributed by atoms with Gasteiger partial charge in [0.15, 0.2) is 0 Å². The van der Waals surface area contributed by atoms with Crippen LogP contribution >= 0.6 is 0 Å². The zero-order chi connectivity index (χ0) is 22.6. The number of ketones is 1. The Hall–Kier alpha value is -3.19. The highest BCUT2D eigenvalue weighted by molar-refractivity contribution is 7.90. The van der Waals surface area contributed by atoms with E-state index in [4.69, 9.17) is 0 Å². The van der Waals surface area contributed by atoms with Crippen molar-refractivity contribution in [1.82, 2.24) is 8.69 Å². The lowest BCUT2D eigenvalue weighted by Gasteiger charge is -2.08. The van der Waals surface area contributed by atoms with Gasteiger partial charge in [-0.15, -0.1) is 0 Å². The number of carbonyl (C=O) groups excluding carboxylic acids is 1. The quantitative estimate of drug-likeness (QED) is 0.349. The Morgan fingerprint density at radius 2 is 1.42 bits per heavy atom. The minimum Gasteiger partial charge on any atom is -0.277 e. The molecule has 7 nitrogen and oxygen atoms in total. The second kappa shape index (κ2) is 8.89. The molecule has 0 atom stereocenters. The Kier molecular flexibility index (Phi) is 6.45. The van der Waals surface area contributed by atoms with Crippen LogP contribution in [-0.2, 0) is 20.0 Å². The minimum absolute atomic E-state index is 0.0437. The molecule has 0 fully saturated rings. The second-order valence-corrected chi connectivity index (χ2v) is 10.4. The van der Waals surface area contributed by atoms with Crippen molar-refractivity contribution in [1.29, 1.82) is 0 Å². The number of aryl methyl sites for hydroxylation is 2. The summed E-state index contributed by atoms with van der Waals surface area (Å²) in [6, 6.07) is 15.3. The maximum Gasteiger partial charge on any atom is 0.268 e. The van der Waals surface area contributed by atoms with Crippen LogP contribution in [0.4, 0.5) is 0 Å². The first kappa shape index (κ1) is 22.5. The number of aromatic nitrogens is 1. The van der Waals surface area contributed by atoms with E-state index in [0.717, 1.165) is 15.1 Å². The highest BCUT2D eigenvalue weighted by Crippen LogP contribution is 2.17. The van der Waals surface area contributed by atoms with Crippen LogP contribution in [0.5, 0.6) is 0 Å². The van der Waals surface area contributed by atoms with Crippen LogP contribution in [0, 0.1) is 25.7 Å². The zero-order valence-electron chi connectivity index (χ0n) is 16.9. The summed E-state index contributed by atoms with van der Waals surface area (Å²) in [6.45, 7) is 3.38. The predicted molar refractivity (Wildman–Crippen MR) is 117 cm³/mol. The molecular weight excluding hydrogens is 436 g/mol. The van der Waals surface area contributed by atoms with Crippen LogP contribution in [-0.4, -0.2) is 33.1 Å². The third-order valence-corrected chi connectivity index (χ3v) is 7.53. The van der Waals surface area contributed by atoms with Gasteiger partial charge in [0.05, 0.1) is 16.3 Å². The van der Waals surface area contributed by atoms with Gasteiger partial charge in [0.1, 0.15) is 5.69 Å². The summed E-state index contributed by atoms with van der Waals surface area (Å²) in [6.07, 6.45) is 1.27. The standard InChI is InChI=1S/C22H20N2O5S2/c1-17-7-11-19(12-8-17)30(26,27)23-15-3-6-22(25)21-5-4-16-24(21)31(28,29)20-13-9-18(2)10-14-20/h4-5,7-14,16,23H,15H2,1-2H3. The lowest BCUT2D eigenvalue weighted by Crippen LogP contribution is -2.24. The lowest BCUT2D eigenvalue weighted by atomic mass is 10.2. The van der Waals surface area contributed by atoms with Gasteiger partial charge in [0.25, 0.3) is 15.8 Å². The van der Waals surface area contributed by atoms with Crippen LogP contribution in [0.1, 0.15) is 21.6 Å². The normalized spacial score (nSPS) is 11.5. The molecule has 3 rings (SSSR count). The molecule has 0 radical (unpaired) electrons. The predicted octanol–water partition coefficient (Wildman–Crippen LogP) is 2.51. The van der Waals surface area contributed by atoms with E-state index in [1.54, 1.807) is 24.3 Å². The van der Waals surface area contributed by atoms with Gasteiger partial charge in [-0.2, -0.15) is 4.72 Å². The van der Waals surface area contributed by atoms with Crippen molar-refractivity contribution in [3.05, 3.63) is 83.7 Å². The Morgan fingerprint density at radius 3 is 2.00 bits per heavy atom. The summed E-state index contributed by atoms with van der Waals surface area (Å²) < 4.78 is 53.3. The number of nitrogens with zero attached hydrogens (tertiary/aromatic N) is 1. The van der Waals surface area contributed by atoms with E-state index in [-0.39, 0.29) is 22.0 Å². The van der Waals surface area contributed by atoms with Crippen molar-refractivity contribution in [2.24, 2.45) is 0 Å². The number of sulfonamides is 1. The van der Waals surface area contributed by atoms with Gasteiger partial charge < -0.3 is 0 Å². The Labute approximate surface area is 181 Å². The maximum atomic E-state index is 12.8. The van der Waals surface area contributed by atoms with Gasteiger partial charge in [0, 0.05) is 6.20 Å². The van der Waals surface area contributed by atoms with E-state index in [9.17, 15) is 21.6 Å². The highest BCUT2D eigenvalue weighted by atomic mass is 32.2. The molecule has 1 aromatic heterocycles. The fourth-order valence-electron chi connectivity index (χ4n) is 2.70. The molecule has 0 unspecified atom stereocenters. The van der Waals surface area contributed by atoms with Crippen LogP contribution in [0.25, 0.3) is 0 Å². The molecule has 9 heteroatoms. The Bertz CT molecular complexity index is 1370. The van der Waals surface area contributed by atoms with Crippen molar-refractivity contribution in [3.8, 4) is 11.8 Å². The third kappa shape index (κ3) is 5.11. The van der Waals surface area contributed by atoms with Gasteiger partial charge in [-0.1, -0.05) is 41.3 Å². The number of hydrogen-bond donors (Lipinski definition) is 1. The molecule has 0 spiro atoms. The van der Waals surface area contributed by atoms with Crippen molar-refractivity contribution < 1.29 is 21.6 Å². The highest BCUT2D eigenvalue weighted by Gasteiger charge is 2.21. The third-order valence-electron chi connectivity index (χ3n) is 4.41. The van der Waals surface area contributed by atoms with E-state index in [1.807, 2.05) is 13.8 Å². The fraction of sp³-hybridized carbons (Fsp3) is 0.136. The first-order chi connectivity index (χ1) is 14.6. The van der Waals surface area contributed by atoms with E-state index < -0.39 is 25.8 Å². The zero-order valence-corrected chi connectivity index (χ0v) is 18.5. The van der Waals surface area contributed by atoms with E-state index in [2.05, 4.69) is 16.6 Å². The van der Waals surface area contributed by atoms with Gasteiger partial charge in [-0.05, 0) is 56.2 Å². The molecule has 1 heterocycles. The number of benzene rings is 2. The van der Waals surface area contributed by atoms with Crippen LogP contribution in [0.3, 0.4) is 0 Å². The largest absolute Gasteiger partial charge is 0.277 e.